The minimum absolute atomic E-state index is 0.0819. The van der Waals surface area contributed by atoms with Gasteiger partial charge in [-0.3, -0.25) is 9.79 Å². The summed E-state index contributed by atoms with van der Waals surface area (Å²) >= 11 is 0. The van der Waals surface area contributed by atoms with Crippen molar-refractivity contribution in [2.45, 2.75) is 18.9 Å². The number of likely N-dealkylation sites (N-methyl/N-ethyl adjacent to an activating group) is 1. The monoisotopic (exact) mass is 256 g/mol. The fourth-order valence-corrected chi connectivity index (χ4v) is 1.62. The molecular weight excluding hydrogens is 232 g/mol. The number of nitrogens with two attached hydrogens (primary N) is 1. The number of carbonyl (C=O) groups is 1. The minimum atomic E-state index is -0.429. The summed E-state index contributed by atoms with van der Waals surface area (Å²) in [5, 5.41) is 12.0. The fraction of sp³-hybridized carbons (Fsp3) is 0.818. The summed E-state index contributed by atoms with van der Waals surface area (Å²) < 4.78 is 0. The molecule has 104 valence electrons. The van der Waals surface area contributed by atoms with Gasteiger partial charge in [0.15, 0.2) is 5.96 Å². The van der Waals surface area contributed by atoms with Crippen molar-refractivity contribution in [1.29, 1.82) is 0 Å². The van der Waals surface area contributed by atoms with Crippen LogP contribution in [0.1, 0.15) is 12.8 Å². The highest BCUT2D eigenvalue weighted by atomic mass is 16.2. The standard InChI is InChI=1S/C11H24N6O/c1-13-5-6-14-10(18)9(12)3-2-4-15-11-16-7-8-17-11/h9,13H,2-8,12H2,1H3,(H,14,18)(H2,15,16,17)/t9-/m0/s1. The van der Waals surface area contributed by atoms with Crippen molar-refractivity contribution in [3.63, 3.8) is 0 Å². The second kappa shape index (κ2) is 8.71. The maximum atomic E-state index is 11.5. The van der Waals surface area contributed by atoms with Crippen molar-refractivity contribution < 1.29 is 4.79 Å². The smallest absolute Gasteiger partial charge is 0.236 e. The van der Waals surface area contributed by atoms with Crippen molar-refractivity contribution in [2.75, 3.05) is 39.8 Å². The van der Waals surface area contributed by atoms with Gasteiger partial charge in [0.05, 0.1) is 12.6 Å². The molecule has 1 amide bonds. The molecule has 0 unspecified atom stereocenters. The first kappa shape index (κ1) is 14.7. The van der Waals surface area contributed by atoms with Gasteiger partial charge in [0, 0.05) is 26.2 Å². The third-order valence-electron chi connectivity index (χ3n) is 2.67. The number of carbonyl (C=O) groups excluding carboxylic acids is 1. The highest BCUT2D eigenvalue weighted by Crippen LogP contribution is 1.94. The molecule has 1 atom stereocenters. The third kappa shape index (κ3) is 5.83. The van der Waals surface area contributed by atoms with Crippen LogP contribution in [0.25, 0.3) is 0 Å². The molecule has 0 aliphatic carbocycles. The highest BCUT2D eigenvalue weighted by molar-refractivity contribution is 5.81. The molecule has 1 rings (SSSR count). The molecule has 0 aromatic carbocycles. The van der Waals surface area contributed by atoms with E-state index in [2.05, 4.69) is 26.3 Å². The van der Waals surface area contributed by atoms with Crippen molar-refractivity contribution in [2.24, 2.45) is 10.7 Å². The summed E-state index contributed by atoms with van der Waals surface area (Å²) in [6.07, 6.45) is 1.52. The van der Waals surface area contributed by atoms with Crippen LogP contribution in [-0.2, 0) is 4.79 Å². The maximum Gasteiger partial charge on any atom is 0.236 e. The maximum absolute atomic E-state index is 11.5. The third-order valence-corrected chi connectivity index (χ3v) is 2.67. The van der Waals surface area contributed by atoms with Crippen LogP contribution in [0.15, 0.2) is 4.99 Å². The van der Waals surface area contributed by atoms with Crippen molar-refractivity contribution in [3.8, 4) is 0 Å². The first-order chi connectivity index (χ1) is 8.74. The van der Waals surface area contributed by atoms with E-state index < -0.39 is 6.04 Å². The molecule has 0 aromatic rings. The summed E-state index contributed by atoms with van der Waals surface area (Å²) in [5.41, 5.74) is 5.79. The molecule has 0 bridgehead atoms. The van der Waals surface area contributed by atoms with Gasteiger partial charge < -0.3 is 27.0 Å². The normalized spacial score (nSPS) is 15.8. The van der Waals surface area contributed by atoms with E-state index in [1.54, 1.807) is 0 Å². The topological polar surface area (TPSA) is 104 Å². The van der Waals surface area contributed by atoms with Crippen LogP contribution < -0.4 is 27.0 Å². The lowest BCUT2D eigenvalue weighted by atomic mass is 10.1. The number of nitrogens with one attached hydrogen (secondary N) is 4. The van der Waals surface area contributed by atoms with E-state index in [9.17, 15) is 4.79 Å². The predicted molar refractivity (Wildman–Crippen MR) is 72.5 cm³/mol. The molecule has 7 heteroatoms. The van der Waals surface area contributed by atoms with Gasteiger partial charge in [0.1, 0.15) is 0 Å². The summed E-state index contributed by atoms with van der Waals surface area (Å²) in [7, 11) is 1.84. The van der Waals surface area contributed by atoms with Gasteiger partial charge in [-0.15, -0.1) is 0 Å². The lowest BCUT2D eigenvalue weighted by molar-refractivity contribution is -0.122. The van der Waals surface area contributed by atoms with Crippen LogP contribution in [0.3, 0.4) is 0 Å². The largest absolute Gasteiger partial charge is 0.356 e. The zero-order valence-corrected chi connectivity index (χ0v) is 11.0. The lowest BCUT2D eigenvalue weighted by Gasteiger charge is -2.12. The van der Waals surface area contributed by atoms with Crippen LogP contribution in [0.4, 0.5) is 0 Å². The van der Waals surface area contributed by atoms with Crippen LogP contribution in [-0.4, -0.2) is 57.7 Å². The number of rotatable bonds is 8. The van der Waals surface area contributed by atoms with E-state index in [1.807, 2.05) is 7.05 Å². The van der Waals surface area contributed by atoms with E-state index >= 15 is 0 Å². The number of hydrogen-bond acceptors (Lipinski definition) is 6. The lowest BCUT2D eigenvalue weighted by Crippen LogP contribution is -2.43. The van der Waals surface area contributed by atoms with Gasteiger partial charge in [-0.1, -0.05) is 0 Å². The summed E-state index contributed by atoms with van der Waals surface area (Å²) in [6, 6.07) is -0.429. The quantitative estimate of drug-likeness (QED) is 0.323. The van der Waals surface area contributed by atoms with Gasteiger partial charge in [0.25, 0.3) is 0 Å². The number of amides is 1. The van der Waals surface area contributed by atoms with Crippen LogP contribution >= 0.6 is 0 Å². The Morgan fingerprint density at radius 3 is 3.00 bits per heavy atom. The Bertz CT molecular complexity index is 281. The van der Waals surface area contributed by atoms with E-state index in [0.29, 0.717) is 13.0 Å². The summed E-state index contributed by atoms with van der Waals surface area (Å²) in [6.45, 7) is 3.88. The molecule has 1 heterocycles. The molecule has 6 N–H and O–H groups in total. The summed E-state index contributed by atoms with van der Waals surface area (Å²) in [5.74, 6) is 0.767. The highest BCUT2D eigenvalue weighted by Gasteiger charge is 2.12. The average Bonchev–Trinajstić information content (AvgIpc) is 2.87. The second-order valence-corrected chi connectivity index (χ2v) is 4.23. The first-order valence-corrected chi connectivity index (χ1v) is 6.44. The van der Waals surface area contributed by atoms with E-state index in [4.69, 9.17) is 5.73 Å². The Hall–Kier alpha value is -1.34. The Morgan fingerprint density at radius 1 is 1.50 bits per heavy atom. The molecule has 1 aliphatic rings. The van der Waals surface area contributed by atoms with Crippen molar-refractivity contribution in [3.05, 3.63) is 0 Å². The minimum Gasteiger partial charge on any atom is -0.356 e. The van der Waals surface area contributed by atoms with Gasteiger partial charge in [-0.25, -0.2) is 0 Å². The Labute approximate surface area is 108 Å². The molecule has 18 heavy (non-hydrogen) atoms. The zero-order chi connectivity index (χ0) is 13.2. The molecule has 7 nitrogen and oxygen atoms in total. The van der Waals surface area contributed by atoms with E-state index in [0.717, 1.165) is 38.6 Å². The molecule has 0 aromatic heterocycles. The predicted octanol–water partition coefficient (Wildman–Crippen LogP) is -2.02. The second-order valence-electron chi connectivity index (χ2n) is 4.23. The molecule has 0 fully saturated rings. The van der Waals surface area contributed by atoms with Gasteiger partial charge in [-0.2, -0.15) is 0 Å². The van der Waals surface area contributed by atoms with Gasteiger partial charge in [-0.05, 0) is 19.9 Å². The average molecular weight is 256 g/mol. The van der Waals surface area contributed by atoms with E-state index in [1.165, 1.54) is 0 Å². The Morgan fingerprint density at radius 2 is 2.33 bits per heavy atom. The molecule has 0 radical (unpaired) electrons. The fourth-order valence-electron chi connectivity index (χ4n) is 1.62. The number of aliphatic imine (C=N–C) groups is 1. The Kier molecular flexibility index (Phi) is 7.12. The van der Waals surface area contributed by atoms with Crippen molar-refractivity contribution in [1.82, 2.24) is 21.3 Å². The SMILES string of the molecule is CNCCNC(=O)[C@@H](N)CCCNC1=NCCN1. The Balaban J connectivity index is 2.01. The molecule has 0 spiro atoms. The number of nitrogens with zero attached hydrogens (tertiary/aromatic N) is 1. The van der Waals surface area contributed by atoms with Gasteiger partial charge >= 0.3 is 0 Å². The van der Waals surface area contributed by atoms with E-state index in [-0.39, 0.29) is 5.91 Å². The first-order valence-electron chi connectivity index (χ1n) is 6.44. The molecule has 1 aliphatic heterocycles. The number of hydrogen-bond donors (Lipinski definition) is 5. The van der Waals surface area contributed by atoms with Crippen LogP contribution in [0, 0.1) is 0 Å². The molecule has 0 saturated heterocycles. The van der Waals surface area contributed by atoms with Crippen molar-refractivity contribution >= 4 is 11.9 Å². The van der Waals surface area contributed by atoms with Gasteiger partial charge in [0.2, 0.25) is 5.91 Å². The number of guanidine groups is 1. The zero-order valence-electron chi connectivity index (χ0n) is 11.0. The molecule has 0 saturated carbocycles. The van der Waals surface area contributed by atoms with Crippen LogP contribution in [0.2, 0.25) is 0 Å². The summed E-state index contributed by atoms with van der Waals surface area (Å²) in [4.78, 5) is 15.8. The van der Waals surface area contributed by atoms with Crippen LogP contribution in [0.5, 0.6) is 0 Å². The molecular formula is C11H24N6O.